The predicted octanol–water partition coefficient (Wildman–Crippen LogP) is 3.26. The fraction of sp³-hybridized carbons (Fsp3) is 0.312. The third-order valence-electron chi connectivity index (χ3n) is 3.90. The summed E-state index contributed by atoms with van der Waals surface area (Å²) in [6.45, 7) is 2.12. The molecule has 2 heteroatoms. The van der Waals surface area contributed by atoms with E-state index < -0.39 is 0 Å². The second-order valence-electron chi connectivity index (χ2n) is 4.98. The highest BCUT2D eigenvalue weighted by Gasteiger charge is 2.21. The molecule has 0 saturated heterocycles. The van der Waals surface area contributed by atoms with Crippen LogP contribution >= 0.6 is 0 Å². The summed E-state index contributed by atoms with van der Waals surface area (Å²) in [4.78, 5) is 4.16. The summed E-state index contributed by atoms with van der Waals surface area (Å²) in [5, 5.41) is 3.38. The van der Waals surface area contributed by atoms with Gasteiger partial charge in [0.15, 0.2) is 0 Å². The summed E-state index contributed by atoms with van der Waals surface area (Å²) < 4.78 is 0. The molecule has 0 spiro atoms. The lowest BCUT2D eigenvalue weighted by atomic mass is 9.98. The second kappa shape index (κ2) is 4.54. The molecule has 92 valence electrons. The molecule has 18 heavy (non-hydrogen) atoms. The van der Waals surface area contributed by atoms with Crippen LogP contribution in [0, 0.1) is 6.92 Å². The van der Waals surface area contributed by atoms with Gasteiger partial charge in [-0.2, -0.15) is 0 Å². The average Bonchev–Trinajstić information content (AvgIpc) is 2.81. The van der Waals surface area contributed by atoms with Crippen molar-refractivity contribution in [2.75, 3.05) is 7.05 Å². The van der Waals surface area contributed by atoms with Crippen LogP contribution in [0.3, 0.4) is 0 Å². The van der Waals surface area contributed by atoms with E-state index in [2.05, 4.69) is 41.5 Å². The van der Waals surface area contributed by atoms with E-state index in [1.54, 1.807) is 0 Å². The minimum absolute atomic E-state index is 0.535. The van der Waals surface area contributed by atoms with Gasteiger partial charge in [-0.05, 0) is 60.7 Å². The number of aryl methyl sites for hydroxylation is 2. The minimum atomic E-state index is 0.535. The molecule has 1 aliphatic carbocycles. The molecule has 0 saturated carbocycles. The molecule has 1 N–H and O–H groups in total. The second-order valence-corrected chi connectivity index (χ2v) is 4.98. The quantitative estimate of drug-likeness (QED) is 0.868. The molecule has 1 aromatic carbocycles. The van der Waals surface area contributed by atoms with Crippen LogP contribution in [0.15, 0.2) is 36.7 Å². The summed E-state index contributed by atoms with van der Waals surface area (Å²) in [5.41, 5.74) is 6.79. The van der Waals surface area contributed by atoms with Crippen LogP contribution in [0.5, 0.6) is 0 Å². The Hall–Kier alpha value is -1.67. The van der Waals surface area contributed by atoms with E-state index in [1.165, 1.54) is 40.7 Å². The smallest absolute Gasteiger partial charge is 0.0323 e. The van der Waals surface area contributed by atoms with E-state index in [-0.39, 0.29) is 0 Å². The Morgan fingerprint density at radius 1 is 1.28 bits per heavy atom. The number of nitrogens with zero attached hydrogens (tertiary/aromatic N) is 1. The van der Waals surface area contributed by atoms with Crippen LogP contribution in [0.1, 0.15) is 29.2 Å². The first-order valence-corrected chi connectivity index (χ1v) is 6.50. The minimum Gasteiger partial charge on any atom is -0.313 e. The van der Waals surface area contributed by atoms with Crippen LogP contribution in [-0.2, 0) is 6.42 Å². The zero-order chi connectivity index (χ0) is 12.5. The van der Waals surface area contributed by atoms with Crippen molar-refractivity contribution in [2.24, 2.45) is 0 Å². The first-order chi connectivity index (χ1) is 8.79. The molecular formula is C16H18N2. The van der Waals surface area contributed by atoms with Gasteiger partial charge in [0.2, 0.25) is 0 Å². The number of pyridine rings is 1. The standard InChI is InChI=1S/C16H18N2/c1-11-10-18-8-7-14(11)12-3-5-15-13(9-12)4-6-16(15)17-2/h3,5,7-10,16-17H,4,6H2,1-2H3. The number of rotatable bonds is 2. The topological polar surface area (TPSA) is 24.9 Å². The molecule has 0 bridgehead atoms. The van der Waals surface area contributed by atoms with E-state index in [9.17, 15) is 0 Å². The van der Waals surface area contributed by atoms with Crippen molar-refractivity contribution in [3.05, 3.63) is 53.3 Å². The fourth-order valence-electron chi connectivity index (χ4n) is 2.88. The van der Waals surface area contributed by atoms with E-state index in [1.807, 2.05) is 19.4 Å². The highest BCUT2D eigenvalue weighted by Crippen LogP contribution is 2.34. The molecule has 0 aliphatic heterocycles. The Labute approximate surface area is 108 Å². The lowest BCUT2D eigenvalue weighted by molar-refractivity contribution is 0.590. The first kappa shape index (κ1) is 11.4. The van der Waals surface area contributed by atoms with E-state index in [0.717, 1.165) is 0 Å². The van der Waals surface area contributed by atoms with Crippen LogP contribution in [0.2, 0.25) is 0 Å². The summed E-state index contributed by atoms with van der Waals surface area (Å²) in [6.07, 6.45) is 6.19. The van der Waals surface area contributed by atoms with Crippen molar-refractivity contribution >= 4 is 0 Å². The molecular weight excluding hydrogens is 220 g/mol. The molecule has 1 heterocycles. The molecule has 1 atom stereocenters. The summed E-state index contributed by atoms with van der Waals surface area (Å²) in [5.74, 6) is 0. The zero-order valence-electron chi connectivity index (χ0n) is 10.9. The Morgan fingerprint density at radius 3 is 2.94 bits per heavy atom. The summed E-state index contributed by atoms with van der Waals surface area (Å²) in [7, 11) is 2.04. The van der Waals surface area contributed by atoms with E-state index in [4.69, 9.17) is 0 Å². The zero-order valence-corrected chi connectivity index (χ0v) is 10.9. The molecule has 1 aliphatic rings. The van der Waals surface area contributed by atoms with Gasteiger partial charge >= 0.3 is 0 Å². The third kappa shape index (κ3) is 1.83. The van der Waals surface area contributed by atoms with Gasteiger partial charge in [0, 0.05) is 18.4 Å². The molecule has 2 aromatic rings. The maximum atomic E-state index is 4.16. The van der Waals surface area contributed by atoms with Crippen molar-refractivity contribution in [1.82, 2.24) is 10.3 Å². The Morgan fingerprint density at radius 2 is 2.17 bits per heavy atom. The van der Waals surface area contributed by atoms with Gasteiger partial charge in [-0.15, -0.1) is 0 Å². The van der Waals surface area contributed by atoms with Crippen LogP contribution in [0.4, 0.5) is 0 Å². The van der Waals surface area contributed by atoms with Crippen LogP contribution in [0.25, 0.3) is 11.1 Å². The Bertz CT molecular complexity index is 575. The highest BCUT2D eigenvalue weighted by molar-refractivity contribution is 5.68. The van der Waals surface area contributed by atoms with Gasteiger partial charge in [-0.1, -0.05) is 18.2 Å². The average molecular weight is 238 g/mol. The number of aromatic nitrogens is 1. The SMILES string of the molecule is CNC1CCc2cc(-c3ccncc3C)ccc21. The van der Waals surface area contributed by atoms with Gasteiger partial charge in [-0.25, -0.2) is 0 Å². The molecule has 1 aromatic heterocycles. The van der Waals surface area contributed by atoms with E-state index in [0.29, 0.717) is 6.04 Å². The van der Waals surface area contributed by atoms with E-state index >= 15 is 0 Å². The first-order valence-electron chi connectivity index (χ1n) is 6.50. The molecule has 0 fully saturated rings. The van der Waals surface area contributed by atoms with Gasteiger partial charge in [0.05, 0.1) is 0 Å². The fourth-order valence-corrected chi connectivity index (χ4v) is 2.88. The maximum absolute atomic E-state index is 4.16. The molecule has 2 nitrogen and oxygen atoms in total. The van der Waals surface area contributed by atoms with Crippen molar-refractivity contribution in [3.8, 4) is 11.1 Å². The van der Waals surface area contributed by atoms with Crippen molar-refractivity contribution in [3.63, 3.8) is 0 Å². The number of benzene rings is 1. The Balaban J connectivity index is 2.04. The maximum Gasteiger partial charge on any atom is 0.0323 e. The van der Waals surface area contributed by atoms with Crippen molar-refractivity contribution in [2.45, 2.75) is 25.8 Å². The third-order valence-corrected chi connectivity index (χ3v) is 3.90. The highest BCUT2D eigenvalue weighted by atomic mass is 14.9. The predicted molar refractivity (Wildman–Crippen MR) is 74.5 cm³/mol. The monoisotopic (exact) mass is 238 g/mol. The number of fused-ring (bicyclic) bond motifs is 1. The number of hydrogen-bond donors (Lipinski definition) is 1. The van der Waals surface area contributed by atoms with Gasteiger partial charge in [-0.3, -0.25) is 4.98 Å². The van der Waals surface area contributed by atoms with Crippen LogP contribution in [-0.4, -0.2) is 12.0 Å². The Kier molecular flexibility index (Phi) is 2.88. The van der Waals surface area contributed by atoms with Crippen molar-refractivity contribution in [1.29, 1.82) is 0 Å². The molecule has 0 radical (unpaired) electrons. The number of nitrogens with one attached hydrogen (secondary N) is 1. The van der Waals surface area contributed by atoms with Crippen molar-refractivity contribution < 1.29 is 0 Å². The molecule has 3 rings (SSSR count). The summed E-state index contributed by atoms with van der Waals surface area (Å²) >= 11 is 0. The van der Waals surface area contributed by atoms with Gasteiger partial charge in [0.1, 0.15) is 0 Å². The molecule has 0 amide bonds. The normalized spacial score (nSPS) is 17.8. The van der Waals surface area contributed by atoms with Gasteiger partial charge in [0.25, 0.3) is 0 Å². The lowest BCUT2D eigenvalue weighted by Crippen LogP contribution is -2.12. The van der Waals surface area contributed by atoms with Crippen LogP contribution < -0.4 is 5.32 Å². The number of hydrogen-bond acceptors (Lipinski definition) is 2. The lowest BCUT2D eigenvalue weighted by Gasteiger charge is -2.11. The summed E-state index contributed by atoms with van der Waals surface area (Å²) in [6, 6.07) is 9.49. The largest absolute Gasteiger partial charge is 0.313 e. The van der Waals surface area contributed by atoms with Gasteiger partial charge < -0.3 is 5.32 Å². The molecule has 1 unspecified atom stereocenters.